The van der Waals surface area contributed by atoms with Gasteiger partial charge in [0.2, 0.25) is 0 Å². The largest absolute Gasteiger partial charge is 0.504 e. The number of carbonyl (C=O) groups is 1. The van der Waals surface area contributed by atoms with Crippen LogP contribution < -0.4 is 4.74 Å². The van der Waals surface area contributed by atoms with Crippen molar-refractivity contribution in [1.82, 2.24) is 0 Å². The molecule has 0 radical (unpaired) electrons. The van der Waals surface area contributed by atoms with Crippen LogP contribution >= 0.6 is 0 Å². The van der Waals surface area contributed by atoms with Crippen molar-refractivity contribution in [2.24, 2.45) is 0 Å². The van der Waals surface area contributed by atoms with Crippen LogP contribution in [0.25, 0.3) is 0 Å². The number of hydrogen-bond acceptors (Lipinski definition) is 3. The van der Waals surface area contributed by atoms with E-state index in [4.69, 9.17) is 9.84 Å². The first-order valence-corrected chi connectivity index (χ1v) is 5.28. The molecule has 1 aromatic rings. The Labute approximate surface area is 97.6 Å². The second-order valence-electron chi connectivity index (χ2n) is 4.33. The van der Waals surface area contributed by atoms with E-state index in [1.54, 1.807) is 0 Å². The molecule has 17 heavy (non-hydrogen) atoms. The maximum Gasteiger partial charge on any atom is 0.304 e. The second kappa shape index (κ2) is 3.91. The van der Waals surface area contributed by atoms with Gasteiger partial charge in [0.15, 0.2) is 17.3 Å². The van der Waals surface area contributed by atoms with Crippen LogP contribution in [0.3, 0.4) is 0 Å². The van der Waals surface area contributed by atoms with Gasteiger partial charge in [-0.15, -0.1) is 0 Å². The van der Waals surface area contributed by atoms with Crippen molar-refractivity contribution in [1.29, 1.82) is 0 Å². The van der Waals surface area contributed by atoms with Gasteiger partial charge in [0, 0.05) is 11.0 Å². The second-order valence-corrected chi connectivity index (χ2v) is 4.33. The van der Waals surface area contributed by atoms with E-state index in [0.29, 0.717) is 18.4 Å². The number of ether oxygens (including phenoxy) is 1. The van der Waals surface area contributed by atoms with Gasteiger partial charge in [-0.25, -0.2) is 4.39 Å². The lowest BCUT2D eigenvalue weighted by molar-refractivity contribution is -0.137. The molecular weight excluding hydrogens is 227 g/mol. The zero-order chi connectivity index (χ0) is 12.6. The van der Waals surface area contributed by atoms with E-state index in [1.165, 1.54) is 19.2 Å². The highest BCUT2D eigenvalue weighted by atomic mass is 19.1. The highest BCUT2D eigenvalue weighted by Crippen LogP contribution is 2.55. The summed E-state index contributed by atoms with van der Waals surface area (Å²) >= 11 is 0. The maximum absolute atomic E-state index is 13.3. The zero-order valence-corrected chi connectivity index (χ0v) is 9.36. The monoisotopic (exact) mass is 240 g/mol. The van der Waals surface area contributed by atoms with Gasteiger partial charge in [-0.2, -0.15) is 0 Å². The molecule has 0 spiro atoms. The molecule has 0 heterocycles. The summed E-state index contributed by atoms with van der Waals surface area (Å²) in [7, 11) is 1.26. The number of hydrogen-bond donors (Lipinski definition) is 2. The highest BCUT2D eigenvalue weighted by molar-refractivity contribution is 5.71. The number of rotatable bonds is 4. The van der Waals surface area contributed by atoms with Crippen molar-refractivity contribution >= 4 is 5.97 Å². The standard InChI is InChI=1S/C12H13FO4/c1-17-11-8(13)3-2-7(10(11)16)12(4-5-12)6-9(14)15/h2-3,16H,4-6H2,1H3,(H,14,15). The average Bonchev–Trinajstić information content (AvgIpc) is 2.98. The molecule has 0 bridgehead atoms. The van der Waals surface area contributed by atoms with Crippen molar-refractivity contribution in [3.8, 4) is 11.5 Å². The molecule has 2 N–H and O–H groups in total. The third kappa shape index (κ3) is 1.92. The Morgan fingerprint density at radius 1 is 1.53 bits per heavy atom. The molecule has 0 saturated heterocycles. The van der Waals surface area contributed by atoms with Crippen LogP contribution in [0.4, 0.5) is 4.39 Å². The SMILES string of the molecule is COc1c(F)ccc(C2(CC(=O)O)CC2)c1O. The lowest BCUT2D eigenvalue weighted by Gasteiger charge is -2.16. The molecule has 5 heteroatoms. The van der Waals surface area contributed by atoms with Crippen LogP contribution in [0.15, 0.2) is 12.1 Å². The number of carboxylic acids is 1. The number of benzene rings is 1. The molecule has 0 aromatic heterocycles. The first-order valence-electron chi connectivity index (χ1n) is 5.28. The lowest BCUT2D eigenvalue weighted by Crippen LogP contribution is -2.13. The average molecular weight is 240 g/mol. The Morgan fingerprint density at radius 2 is 2.18 bits per heavy atom. The third-order valence-electron chi connectivity index (χ3n) is 3.20. The van der Waals surface area contributed by atoms with Crippen LogP contribution in [0.1, 0.15) is 24.8 Å². The van der Waals surface area contributed by atoms with Crippen molar-refractivity contribution in [2.75, 3.05) is 7.11 Å². The summed E-state index contributed by atoms with van der Waals surface area (Å²) < 4.78 is 18.1. The third-order valence-corrected chi connectivity index (χ3v) is 3.20. The predicted molar refractivity (Wildman–Crippen MR) is 57.8 cm³/mol. The summed E-state index contributed by atoms with van der Waals surface area (Å²) in [6.07, 6.45) is 1.30. The van der Waals surface area contributed by atoms with Crippen LogP contribution in [-0.2, 0) is 10.2 Å². The van der Waals surface area contributed by atoms with Crippen molar-refractivity contribution in [2.45, 2.75) is 24.7 Å². The Morgan fingerprint density at radius 3 is 2.65 bits per heavy atom. The molecule has 1 fully saturated rings. The number of aliphatic carboxylic acids is 1. The van der Waals surface area contributed by atoms with Gasteiger partial charge >= 0.3 is 5.97 Å². The number of methoxy groups -OCH3 is 1. The Hall–Kier alpha value is -1.78. The molecule has 1 aromatic carbocycles. The number of carboxylic acid groups (broad SMARTS) is 1. The molecular formula is C12H13FO4. The van der Waals surface area contributed by atoms with Crippen molar-refractivity contribution < 1.29 is 24.1 Å². The van der Waals surface area contributed by atoms with E-state index in [9.17, 15) is 14.3 Å². The van der Waals surface area contributed by atoms with Gasteiger partial charge in [0.25, 0.3) is 0 Å². The predicted octanol–water partition coefficient (Wildman–Crippen LogP) is 2.05. The summed E-state index contributed by atoms with van der Waals surface area (Å²) in [4.78, 5) is 10.8. The van der Waals surface area contributed by atoms with Crippen LogP contribution in [0.5, 0.6) is 11.5 Å². The Kier molecular flexibility index (Phi) is 2.69. The Bertz CT molecular complexity index is 466. The highest BCUT2D eigenvalue weighted by Gasteiger charge is 2.48. The van der Waals surface area contributed by atoms with Crippen LogP contribution in [-0.4, -0.2) is 23.3 Å². The van der Waals surface area contributed by atoms with Crippen molar-refractivity contribution in [3.05, 3.63) is 23.5 Å². The topological polar surface area (TPSA) is 66.8 Å². The molecule has 0 amide bonds. The number of phenols is 1. The van der Waals surface area contributed by atoms with Gasteiger partial charge in [0.1, 0.15) is 0 Å². The summed E-state index contributed by atoms with van der Waals surface area (Å²) in [5.74, 6) is -2.09. The van der Waals surface area contributed by atoms with E-state index in [-0.39, 0.29) is 17.9 Å². The summed E-state index contributed by atoms with van der Waals surface area (Å²) in [5, 5.41) is 18.7. The molecule has 1 saturated carbocycles. The minimum Gasteiger partial charge on any atom is -0.504 e. The fourth-order valence-electron chi connectivity index (χ4n) is 2.15. The fraction of sp³-hybridized carbons (Fsp3) is 0.417. The van der Waals surface area contributed by atoms with E-state index in [2.05, 4.69) is 0 Å². The van der Waals surface area contributed by atoms with Crippen LogP contribution in [0.2, 0.25) is 0 Å². The minimum atomic E-state index is -0.926. The normalized spacial score (nSPS) is 16.6. The van der Waals surface area contributed by atoms with Gasteiger partial charge in [0.05, 0.1) is 13.5 Å². The zero-order valence-electron chi connectivity index (χ0n) is 9.36. The minimum absolute atomic E-state index is 0.0602. The Balaban J connectivity index is 2.43. The number of halogens is 1. The summed E-state index contributed by atoms with van der Waals surface area (Å²) in [6.45, 7) is 0. The van der Waals surface area contributed by atoms with E-state index >= 15 is 0 Å². The fourth-order valence-corrected chi connectivity index (χ4v) is 2.15. The van der Waals surface area contributed by atoms with Crippen molar-refractivity contribution in [3.63, 3.8) is 0 Å². The van der Waals surface area contributed by atoms with E-state index < -0.39 is 17.2 Å². The maximum atomic E-state index is 13.3. The molecule has 0 unspecified atom stereocenters. The first-order chi connectivity index (χ1) is 8.00. The molecule has 1 aliphatic carbocycles. The molecule has 2 rings (SSSR count). The molecule has 1 aliphatic rings. The van der Waals surface area contributed by atoms with Crippen LogP contribution in [0, 0.1) is 5.82 Å². The number of phenolic OH excluding ortho intramolecular Hbond substituents is 1. The lowest BCUT2D eigenvalue weighted by atomic mass is 9.91. The first kappa shape index (κ1) is 11.7. The molecule has 0 atom stereocenters. The quantitative estimate of drug-likeness (QED) is 0.845. The van der Waals surface area contributed by atoms with Gasteiger partial charge in [-0.05, 0) is 18.9 Å². The van der Waals surface area contributed by atoms with E-state index in [1.807, 2.05) is 0 Å². The summed E-state index contributed by atoms with van der Waals surface area (Å²) in [5.41, 5.74) is -0.102. The van der Waals surface area contributed by atoms with Gasteiger partial charge < -0.3 is 14.9 Å². The number of aromatic hydroxyl groups is 1. The van der Waals surface area contributed by atoms with Gasteiger partial charge in [-0.3, -0.25) is 4.79 Å². The molecule has 92 valence electrons. The summed E-state index contributed by atoms with van der Waals surface area (Å²) in [6, 6.07) is 2.62. The van der Waals surface area contributed by atoms with Gasteiger partial charge in [-0.1, -0.05) is 6.07 Å². The molecule has 4 nitrogen and oxygen atoms in total. The smallest absolute Gasteiger partial charge is 0.304 e. The molecule has 0 aliphatic heterocycles. The van der Waals surface area contributed by atoms with E-state index in [0.717, 1.165) is 0 Å².